The topological polar surface area (TPSA) is 100 Å². The molecular formula is C20H20N4O3S. The summed E-state index contributed by atoms with van der Waals surface area (Å²) >= 11 is 0. The van der Waals surface area contributed by atoms with Gasteiger partial charge in [-0.2, -0.15) is 0 Å². The van der Waals surface area contributed by atoms with Crippen molar-refractivity contribution in [1.29, 1.82) is 0 Å². The van der Waals surface area contributed by atoms with Crippen molar-refractivity contribution in [2.75, 3.05) is 5.32 Å². The summed E-state index contributed by atoms with van der Waals surface area (Å²) in [6.45, 7) is 0.551. The number of urea groups is 1. The van der Waals surface area contributed by atoms with Crippen molar-refractivity contribution >= 4 is 21.7 Å². The number of aromatic nitrogens is 1. The van der Waals surface area contributed by atoms with Crippen LogP contribution in [0.3, 0.4) is 0 Å². The normalized spacial score (nSPS) is 11.0. The number of pyridine rings is 1. The third-order valence-corrected chi connectivity index (χ3v) is 5.32. The molecule has 3 rings (SSSR count). The molecule has 0 fully saturated rings. The third kappa shape index (κ3) is 5.63. The summed E-state index contributed by atoms with van der Waals surface area (Å²) in [5.41, 5.74) is 2.24. The maximum absolute atomic E-state index is 12.4. The Morgan fingerprint density at radius 1 is 0.857 bits per heavy atom. The Balaban J connectivity index is 1.54. The Kier molecular flexibility index (Phi) is 6.36. The number of hydrogen-bond acceptors (Lipinski definition) is 4. The van der Waals surface area contributed by atoms with Crippen LogP contribution in [0.4, 0.5) is 10.5 Å². The van der Waals surface area contributed by atoms with Crippen molar-refractivity contribution in [3.63, 3.8) is 0 Å². The maximum Gasteiger partial charge on any atom is 0.319 e. The van der Waals surface area contributed by atoms with Gasteiger partial charge in [0.15, 0.2) is 0 Å². The third-order valence-electron chi connectivity index (χ3n) is 3.91. The Morgan fingerprint density at radius 3 is 2.25 bits per heavy atom. The molecule has 0 saturated heterocycles. The SMILES string of the molecule is O=C(NCc1cccnc1)Nc1ccc(S(=O)(=O)NCc2ccccc2)cc1. The van der Waals surface area contributed by atoms with Crippen molar-refractivity contribution in [3.8, 4) is 0 Å². The Morgan fingerprint density at radius 2 is 1.57 bits per heavy atom. The monoisotopic (exact) mass is 396 g/mol. The van der Waals surface area contributed by atoms with Crippen molar-refractivity contribution in [2.24, 2.45) is 0 Å². The quantitative estimate of drug-likeness (QED) is 0.572. The molecular weight excluding hydrogens is 376 g/mol. The van der Waals surface area contributed by atoms with Gasteiger partial charge in [0, 0.05) is 31.2 Å². The largest absolute Gasteiger partial charge is 0.334 e. The number of anilines is 1. The minimum absolute atomic E-state index is 0.129. The standard InChI is InChI=1S/C20H20N4O3S/c25-20(22-14-17-7-4-12-21-13-17)24-18-8-10-19(11-9-18)28(26,27)23-15-16-5-2-1-3-6-16/h1-13,23H,14-15H2,(H2,22,24,25). The van der Waals surface area contributed by atoms with Crippen LogP contribution in [0.1, 0.15) is 11.1 Å². The summed E-state index contributed by atoms with van der Waals surface area (Å²) < 4.78 is 27.3. The molecule has 28 heavy (non-hydrogen) atoms. The second-order valence-corrected chi connectivity index (χ2v) is 7.77. The van der Waals surface area contributed by atoms with Gasteiger partial charge in [-0.1, -0.05) is 36.4 Å². The first-order valence-corrected chi connectivity index (χ1v) is 10.1. The van der Waals surface area contributed by atoms with Crippen LogP contribution in [0.2, 0.25) is 0 Å². The number of rotatable bonds is 7. The molecule has 2 amide bonds. The van der Waals surface area contributed by atoms with E-state index >= 15 is 0 Å². The maximum atomic E-state index is 12.4. The highest BCUT2D eigenvalue weighted by molar-refractivity contribution is 7.89. The lowest BCUT2D eigenvalue weighted by Gasteiger charge is -2.10. The number of carbonyl (C=O) groups excluding carboxylic acids is 1. The lowest BCUT2D eigenvalue weighted by Crippen LogP contribution is -2.28. The van der Waals surface area contributed by atoms with E-state index < -0.39 is 10.0 Å². The van der Waals surface area contributed by atoms with Crippen molar-refractivity contribution in [3.05, 3.63) is 90.3 Å². The van der Waals surface area contributed by atoms with Crippen LogP contribution in [-0.4, -0.2) is 19.4 Å². The summed E-state index contributed by atoms with van der Waals surface area (Å²) in [5.74, 6) is 0. The summed E-state index contributed by atoms with van der Waals surface area (Å²) in [5, 5.41) is 5.37. The molecule has 3 aromatic rings. The number of hydrogen-bond donors (Lipinski definition) is 3. The number of sulfonamides is 1. The lowest BCUT2D eigenvalue weighted by molar-refractivity contribution is 0.251. The summed E-state index contributed by atoms with van der Waals surface area (Å²) in [7, 11) is -3.64. The van der Waals surface area contributed by atoms with E-state index in [-0.39, 0.29) is 17.5 Å². The first-order valence-electron chi connectivity index (χ1n) is 8.60. The minimum Gasteiger partial charge on any atom is -0.334 e. The van der Waals surface area contributed by atoms with Gasteiger partial charge >= 0.3 is 6.03 Å². The number of carbonyl (C=O) groups is 1. The molecule has 0 atom stereocenters. The van der Waals surface area contributed by atoms with Crippen LogP contribution in [-0.2, 0) is 23.1 Å². The van der Waals surface area contributed by atoms with Gasteiger partial charge in [-0.05, 0) is 41.5 Å². The van der Waals surface area contributed by atoms with Gasteiger partial charge in [0.1, 0.15) is 0 Å². The molecule has 1 heterocycles. The van der Waals surface area contributed by atoms with Gasteiger partial charge in [-0.15, -0.1) is 0 Å². The summed E-state index contributed by atoms with van der Waals surface area (Å²) in [6, 6.07) is 18.5. The van der Waals surface area contributed by atoms with E-state index in [1.54, 1.807) is 30.6 Å². The van der Waals surface area contributed by atoms with E-state index in [2.05, 4.69) is 20.3 Å². The first-order chi connectivity index (χ1) is 13.5. The van der Waals surface area contributed by atoms with E-state index in [4.69, 9.17) is 0 Å². The van der Waals surface area contributed by atoms with E-state index in [1.165, 1.54) is 12.1 Å². The average molecular weight is 396 g/mol. The van der Waals surface area contributed by atoms with Crippen LogP contribution in [0.15, 0.2) is 84.0 Å². The molecule has 3 N–H and O–H groups in total. The second kappa shape index (κ2) is 9.12. The fraction of sp³-hybridized carbons (Fsp3) is 0.100. The van der Waals surface area contributed by atoms with Crippen LogP contribution < -0.4 is 15.4 Å². The fourth-order valence-electron chi connectivity index (χ4n) is 2.44. The molecule has 144 valence electrons. The van der Waals surface area contributed by atoms with Gasteiger partial charge < -0.3 is 10.6 Å². The van der Waals surface area contributed by atoms with E-state index in [9.17, 15) is 13.2 Å². The Bertz CT molecular complexity index is 1010. The van der Waals surface area contributed by atoms with Gasteiger partial charge in [0.25, 0.3) is 0 Å². The van der Waals surface area contributed by atoms with Crippen LogP contribution >= 0.6 is 0 Å². The van der Waals surface area contributed by atoms with Gasteiger partial charge in [-0.3, -0.25) is 4.98 Å². The zero-order chi connectivity index (χ0) is 19.8. The average Bonchev–Trinajstić information content (AvgIpc) is 2.73. The molecule has 8 heteroatoms. The molecule has 7 nitrogen and oxygen atoms in total. The molecule has 0 spiro atoms. The Labute approximate surface area is 163 Å². The minimum atomic E-state index is -3.64. The molecule has 0 aliphatic rings. The summed E-state index contributed by atoms with van der Waals surface area (Å²) in [4.78, 5) is 16.1. The smallest absolute Gasteiger partial charge is 0.319 e. The van der Waals surface area contributed by atoms with Crippen molar-refractivity contribution in [1.82, 2.24) is 15.0 Å². The second-order valence-electron chi connectivity index (χ2n) is 6.00. The van der Waals surface area contributed by atoms with E-state index in [0.29, 0.717) is 12.2 Å². The highest BCUT2D eigenvalue weighted by Crippen LogP contribution is 2.14. The molecule has 0 radical (unpaired) electrons. The van der Waals surface area contributed by atoms with Crippen molar-refractivity contribution < 1.29 is 13.2 Å². The van der Waals surface area contributed by atoms with Crippen LogP contribution in [0.25, 0.3) is 0 Å². The predicted molar refractivity (Wildman–Crippen MR) is 107 cm³/mol. The number of amides is 2. The Hall–Kier alpha value is -3.23. The van der Waals surface area contributed by atoms with E-state index in [0.717, 1.165) is 11.1 Å². The molecule has 2 aromatic carbocycles. The summed E-state index contributed by atoms with van der Waals surface area (Å²) in [6.07, 6.45) is 3.33. The molecule has 0 bridgehead atoms. The zero-order valence-electron chi connectivity index (χ0n) is 15.0. The van der Waals surface area contributed by atoms with Crippen LogP contribution in [0, 0.1) is 0 Å². The first kappa shape index (κ1) is 19.5. The number of benzene rings is 2. The van der Waals surface area contributed by atoms with E-state index in [1.807, 2.05) is 36.4 Å². The number of nitrogens with zero attached hydrogens (tertiary/aromatic N) is 1. The molecule has 0 saturated carbocycles. The highest BCUT2D eigenvalue weighted by Gasteiger charge is 2.13. The lowest BCUT2D eigenvalue weighted by atomic mass is 10.2. The van der Waals surface area contributed by atoms with Crippen LogP contribution in [0.5, 0.6) is 0 Å². The zero-order valence-corrected chi connectivity index (χ0v) is 15.8. The predicted octanol–water partition coefficient (Wildman–Crippen LogP) is 2.88. The van der Waals surface area contributed by atoms with Crippen molar-refractivity contribution in [2.45, 2.75) is 18.0 Å². The molecule has 1 aromatic heterocycles. The van der Waals surface area contributed by atoms with Gasteiger partial charge in [-0.25, -0.2) is 17.9 Å². The fourth-order valence-corrected chi connectivity index (χ4v) is 3.45. The molecule has 0 aliphatic carbocycles. The number of nitrogens with one attached hydrogen (secondary N) is 3. The molecule has 0 aliphatic heterocycles. The molecule has 0 unspecified atom stereocenters. The highest BCUT2D eigenvalue weighted by atomic mass is 32.2. The van der Waals surface area contributed by atoms with Gasteiger partial charge in [0.2, 0.25) is 10.0 Å². The van der Waals surface area contributed by atoms with Gasteiger partial charge in [0.05, 0.1) is 4.90 Å².